The normalized spacial score (nSPS) is 30.2. The molecule has 0 aliphatic carbocycles. The van der Waals surface area contributed by atoms with Crippen molar-refractivity contribution in [3.63, 3.8) is 0 Å². The summed E-state index contributed by atoms with van der Waals surface area (Å²) >= 11 is 0. The predicted molar refractivity (Wildman–Crippen MR) is 145 cm³/mol. The Balaban J connectivity index is 1.28. The van der Waals surface area contributed by atoms with Crippen LogP contribution >= 0.6 is 0 Å². The largest absolute Gasteiger partial charge is 0.492 e. The number of hydrogen-bond donors (Lipinski definition) is 7. The van der Waals surface area contributed by atoms with Crippen LogP contribution in [0.15, 0.2) is 23.2 Å². The van der Waals surface area contributed by atoms with Crippen LogP contribution < -0.4 is 32.2 Å². The zero-order valence-electron chi connectivity index (χ0n) is 23.8. The zero-order chi connectivity index (χ0) is 32.0. The molecule has 0 saturated carbocycles. The average molecular weight is 625 g/mol. The summed E-state index contributed by atoms with van der Waals surface area (Å²) in [7, 11) is 0. The second-order valence-electron chi connectivity index (χ2n) is 12.3. The van der Waals surface area contributed by atoms with Gasteiger partial charge in [0, 0.05) is 5.56 Å². The number of urea groups is 1. The van der Waals surface area contributed by atoms with Crippen molar-refractivity contribution in [1.29, 1.82) is 0 Å². The lowest BCUT2D eigenvalue weighted by atomic mass is 9.79. The number of halogens is 3. The molecular weight excluding hydrogens is 591 g/mol. The molecule has 238 valence electrons. The Labute approximate surface area is 248 Å². The van der Waals surface area contributed by atoms with Crippen LogP contribution in [-0.4, -0.2) is 123 Å². The number of nitrogens with zero attached hydrogens (tertiary/aromatic N) is 4. The Kier molecular flexibility index (Phi) is 6.48. The van der Waals surface area contributed by atoms with Gasteiger partial charge in [-0.2, -0.15) is 13.2 Å². The molecule has 4 atom stereocenters. The van der Waals surface area contributed by atoms with Gasteiger partial charge in [-0.05, 0) is 17.9 Å². The van der Waals surface area contributed by atoms with Crippen molar-refractivity contribution < 1.29 is 47.1 Å². The number of fused-ring (bicyclic) bond motifs is 1. The Morgan fingerprint density at radius 1 is 1.27 bits per heavy atom. The highest BCUT2D eigenvalue weighted by Crippen LogP contribution is 2.43. The van der Waals surface area contributed by atoms with E-state index >= 15 is 0 Å². The van der Waals surface area contributed by atoms with Crippen LogP contribution in [0.1, 0.15) is 36.2 Å². The number of para-hydroxylation sites is 1. The summed E-state index contributed by atoms with van der Waals surface area (Å²) in [6.07, 6.45) is -3.97. The van der Waals surface area contributed by atoms with Crippen molar-refractivity contribution in [1.82, 2.24) is 25.8 Å². The monoisotopic (exact) mass is 624 g/mol. The molecule has 1 aromatic rings. The van der Waals surface area contributed by atoms with Crippen molar-refractivity contribution in [2.24, 2.45) is 16.5 Å². The molecule has 0 bridgehead atoms. The molecule has 9 N–H and O–H groups in total. The minimum absolute atomic E-state index is 0.138. The van der Waals surface area contributed by atoms with Gasteiger partial charge in [0.25, 0.3) is 5.91 Å². The van der Waals surface area contributed by atoms with E-state index in [1.807, 2.05) is 19.9 Å². The molecule has 2 fully saturated rings. The molecular formula is C26H33F3N9O6+. The number of carbonyl (C=O) groups is 3. The van der Waals surface area contributed by atoms with Crippen LogP contribution in [0.5, 0.6) is 5.75 Å². The van der Waals surface area contributed by atoms with E-state index in [0.29, 0.717) is 22.2 Å². The molecule has 5 heterocycles. The molecule has 5 aliphatic heterocycles. The second kappa shape index (κ2) is 9.59. The minimum Gasteiger partial charge on any atom is -0.492 e. The molecule has 5 aliphatic rings. The lowest BCUT2D eigenvalue weighted by molar-refractivity contribution is -0.623. The van der Waals surface area contributed by atoms with Crippen molar-refractivity contribution in [3.8, 4) is 5.75 Å². The van der Waals surface area contributed by atoms with Gasteiger partial charge in [-0.15, -0.1) is 0 Å². The molecule has 3 unspecified atom stereocenters. The number of rotatable bonds is 5. The van der Waals surface area contributed by atoms with E-state index in [1.165, 1.54) is 4.58 Å². The fourth-order valence-corrected chi connectivity index (χ4v) is 6.80. The lowest BCUT2D eigenvalue weighted by Crippen LogP contribution is -2.79. The smallest absolute Gasteiger partial charge is 0.406 e. The van der Waals surface area contributed by atoms with E-state index in [4.69, 9.17) is 16.2 Å². The maximum Gasteiger partial charge on any atom is 0.406 e. The summed E-state index contributed by atoms with van der Waals surface area (Å²) in [5.41, 5.74) is 11.1. The number of nitrogens with one attached hydrogen (secondary N) is 3. The quantitative estimate of drug-likeness (QED) is 0.105. The Hall–Kier alpha value is -4.32. The third-order valence-electron chi connectivity index (χ3n) is 9.01. The molecule has 44 heavy (non-hydrogen) atoms. The number of hydrogen-bond acceptors (Lipinski definition) is 11. The number of amides is 4. The third-order valence-corrected chi connectivity index (χ3v) is 9.01. The number of carbonyl (C=O) groups excluding carboxylic acids is 3. The van der Waals surface area contributed by atoms with E-state index in [9.17, 15) is 37.8 Å². The van der Waals surface area contributed by atoms with Crippen molar-refractivity contribution >= 4 is 29.8 Å². The maximum atomic E-state index is 13.6. The Bertz CT molecular complexity index is 1510. The van der Waals surface area contributed by atoms with Gasteiger partial charge in [0.1, 0.15) is 37.0 Å². The number of nitrogens with two attached hydrogens (primary N) is 2. The van der Waals surface area contributed by atoms with Gasteiger partial charge in [0.05, 0.1) is 25.3 Å². The summed E-state index contributed by atoms with van der Waals surface area (Å²) in [6.45, 7) is 1.32. The molecule has 0 radical (unpaired) electrons. The third kappa shape index (κ3) is 4.37. The molecule has 1 aromatic carbocycles. The SMILES string of the molecule is CC1(C)CCOc2c(C(=O)NC3C[N+]4=C(N)N[C@@H](CN5C(=O)CN(CC(F)(F)F)C5=O)C5N=C(N)NC54C3(O)O)cccc21. The zero-order valence-corrected chi connectivity index (χ0v) is 23.8. The standard InChI is InChI=1S/C26H32F3N9O6/c1-23(2)6-7-44-17-12(4-3-5-13(17)23)19(40)33-15-9-38-21(31)32-14(18-25(38,26(15,42)43)35-20(30)34-18)8-37-16(39)10-36(22(37)41)11-24(27,28)29/h3-5,14-15,18,42-43H,6-11H2,1-2H3,(H6,30,31,32,33,34,35,40)/p+1/t14-,15?,18?,25?/m0/s1. The number of imide groups is 1. The number of alkyl halides is 3. The highest BCUT2D eigenvalue weighted by molar-refractivity contribution is 6.02. The fraction of sp³-hybridized carbons (Fsp3) is 0.577. The Morgan fingerprint density at radius 3 is 2.70 bits per heavy atom. The summed E-state index contributed by atoms with van der Waals surface area (Å²) in [6, 6.07) is 0.256. The van der Waals surface area contributed by atoms with E-state index in [2.05, 4.69) is 20.9 Å². The van der Waals surface area contributed by atoms with Crippen LogP contribution in [0.2, 0.25) is 0 Å². The van der Waals surface area contributed by atoms with Crippen molar-refractivity contribution in [2.45, 2.75) is 61.4 Å². The van der Waals surface area contributed by atoms with Crippen LogP contribution in [0.4, 0.5) is 18.0 Å². The molecule has 18 heteroatoms. The van der Waals surface area contributed by atoms with Gasteiger partial charge < -0.3 is 36.2 Å². The Morgan fingerprint density at radius 2 is 2.00 bits per heavy atom. The number of guanidine groups is 2. The van der Waals surface area contributed by atoms with E-state index in [1.54, 1.807) is 12.1 Å². The molecule has 2 saturated heterocycles. The van der Waals surface area contributed by atoms with Crippen molar-refractivity contribution in [3.05, 3.63) is 29.3 Å². The predicted octanol–water partition coefficient (Wildman–Crippen LogP) is -2.35. The number of ether oxygens (including phenoxy) is 1. The van der Waals surface area contributed by atoms with Crippen LogP contribution in [0.3, 0.4) is 0 Å². The molecule has 6 rings (SSSR count). The topological polar surface area (TPSA) is 211 Å². The van der Waals surface area contributed by atoms with E-state index < -0.39 is 73.2 Å². The highest BCUT2D eigenvalue weighted by Gasteiger charge is 2.75. The van der Waals surface area contributed by atoms with Gasteiger partial charge in [0.2, 0.25) is 17.4 Å². The fourth-order valence-electron chi connectivity index (χ4n) is 6.80. The van der Waals surface area contributed by atoms with Gasteiger partial charge in [-0.3, -0.25) is 25.5 Å². The van der Waals surface area contributed by atoms with Crippen LogP contribution in [0, 0.1) is 0 Å². The molecule has 15 nitrogen and oxygen atoms in total. The van der Waals surface area contributed by atoms with Gasteiger partial charge in [0.15, 0.2) is 5.96 Å². The average Bonchev–Trinajstić information content (AvgIpc) is 3.48. The number of aliphatic imine (C=N–C) groups is 1. The first-order valence-electron chi connectivity index (χ1n) is 13.9. The van der Waals surface area contributed by atoms with Gasteiger partial charge in [-0.1, -0.05) is 26.0 Å². The van der Waals surface area contributed by atoms with Gasteiger partial charge in [-0.25, -0.2) is 14.4 Å². The van der Waals surface area contributed by atoms with Crippen LogP contribution in [-0.2, 0) is 10.2 Å². The lowest BCUT2D eigenvalue weighted by Gasteiger charge is -2.44. The first kappa shape index (κ1) is 29.7. The van der Waals surface area contributed by atoms with Crippen LogP contribution in [0.25, 0.3) is 0 Å². The minimum atomic E-state index is -4.72. The van der Waals surface area contributed by atoms with E-state index in [0.717, 1.165) is 12.0 Å². The molecule has 1 spiro atoms. The first-order valence-corrected chi connectivity index (χ1v) is 13.9. The van der Waals surface area contributed by atoms with Gasteiger partial charge >= 0.3 is 18.2 Å². The molecule has 4 amide bonds. The van der Waals surface area contributed by atoms with E-state index in [-0.39, 0.29) is 29.4 Å². The van der Waals surface area contributed by atoms with Crippen molar-refractivity contribution in [2.75, 3.05) is 32.8 Å². The summed E-state index contributed by atoms with van der Waals surface area (Å²) in [4.78, 5) is 44.2. The summed E-state index contributed by atoms with van der Waals surface area (Å²) in [5, 5.41) is 31.7. The first-order chi connectivity index (χ1) is 20.5. The maximum absolute atomic E-state index is 13.6. The summed E-state index contributed by atoms with van der Waals surface area (Å²) in [5.74, 6) is -4.30. The number of aliphatic hydroxyl groups is 2. The molecule has 0 aromatic heterocycles. The highest BCUT2D eigenvalue weighted by atomic mass is 19.4. The number of benzene rings is 1. The second-order valence-corrected chi connectivity index (χ2v) is 12.3. The summed E-state index contributed by atoms with van der Waals surface area (Å²) < 4.78 is 46.0.